The molecule has 1 aliphatic rings. The largest absolute Gasteiger partial charge is 0.355 e. The first-order valence-electron chi connectivity index (χ1n) is 11.7. The van der Waals surface area contributed by atoms with Crippen molar-refractivity contribution < 1.29 is 0 Å². The molecule has 7 heteroatoms. The molecule has 0 saturated carbocycles. The zero-order valence-electron chi connectivity index (χ0n) is 19.8. The lowest BCUT2D eigenvalue weighted by atomic mass is 10.1. The molecular weight excluding hydrogens is 410 g/mol. The second-order valence-electron chi connectivity index (χ2n) is 9.20. The number of aryl methyl sites for hydroxylation is 4. The van der Waals surface area contributed by atoms with Crippen LogP contribution in [0.4, 0.5) is 29.1 Å². The minimum Gasteiger partial charge on any atom is -0.355 e. The van der Waals surface area contributed by atoms with E-state index in [9.17, 15) is 0 Å². The van der Waals surface area contributed by atoms with Gasteiger partial charge in [0.15, 0.2) is 17.0 Å². The van der Waals surface area contributed by atoms with Crippen LogP contribution in [-0.4, -0.2) is 33.0 Å². The van der Waals surface area contributed by atoms with Crippen LogP contribution < -0.4 is 15.5 Å². The molecule has 0 amide bonds. The summed E-state index contributed by atoms with van der Waals surface area (Å²) >= 11 is 0. The Labute approximate surface area is 194 Å². The van der Waals surface area contributed by atoms with E-state index in [-0.39, 0.29) is 0 Å². The molecule has 2 aromatic heterocycles. The number of rotatable bonds is 5. The number of aromatic nitrogens is 4. The third-order valence-electron chi connectivity index (χ3n) is 5.94. The minimum atomic E-state index is 0.578. The van der Waals surface area contributed by atoms with Crippen LogP contribution in [0.1, 0.15) is 41.5 Å². The lowest BCUT2D eigenvalue weighted by Crippen LogP contribution is -2.30. The van der Waals surface area contributed by atoms with Gasteiger partial charge in [0, 0.05) is 24.5 Å². The van der Waals surface area contributed by atoms with Crippen LogP contribution in [-0.2, 0) is 0 Å². The van der Waals surface area contributed by atoms with Crippen LogP contribution in [0.15, 0.2) is 36.4 Å². The number of imidazole rings is 1. The molecule has 7 nitrogen and oxygen atoms in total. The van der Waals surface area contributed by atoms with Crippen LogP contribution in [0, 0.1) is 27.7 Å². The number of hydrogen-bond acceptors (Lipinski definition) is 6. The average Bonchev–Trinajstić information content (AvgIpc) is 3.14. The van der Waals surface area contributed by atoms with Gasteiger partial charge in [-0.1, -0.05) is 12.1 Å². The van der Waals surface area contributed by atoms with E-state index in [1.54, 1.807) is 0 Å². The summed E-state index contributed by atoms with van der Waals surface area (Å²) in [5, 5.41) is 6.83. The highest BCUT2D eigenvalue weighted by Crippen LogP contribution is 2.30. The quantitative estimate of drug-likeness (QED) is 0.349. The van der Waals surface area contributed by atoms with Gasteiger partial charge in [0.1, 0.15) is 0 Å². The number of aromatic amines is 1. The van der Waals surface area contributed by atoms with E-state index in [1.807, 2.05) is 0 Å². The summed E-state index contributed by atoms with van der Waals surface area (Å²) < 4.78 is 0. The fraction of sp³-hybridized carbons (Fsp3) is 0.346. The molecule has 0 bridgehead atoms. The predicted molar refractivity (Wildman–Crippen MR) is 136 cm³/mol. The summed E-state index contributed by atoms with van der Waals surface area (Å²) in [6.07, 6.45) is 3.60. The molecular formula is C26H31N7. The third kappa shape index (κ3) is 4.77. The Bertz CT molecular complexity index is 1260. The van der Waals surface area contributed by atoms with Crippen molar-refractivity contribution in [2.75, 3.05) is 28.6 Å². The predicted octanol–water partition coefficient (Wildman–Crippen LogP) is 6.06. The van der Waals surface area contributed by atoms with Gasteiger partial charge in [0.25, 0.3) is 0 Å². The van der Waals surface area contributed by atoms with Crippen molar-refractivity contribution in [1.82, 2.24) is 19.9 Å². The molecule has 3 N–H and O–H groups in total. The zero-order chi connectivity index (χ0) is 22.9. The summed E-state index contributed by atoms with van der Waals surface area (Å²) in [6, 6.07) is 12.8. The molecule has 0 atom stereocenters. The highest BCUT2D eigenvalue weighted by molar-refractivity contribution is 5.87. The van der Waals surface area contributed by atoms with Crippen molar-refractivity contribution in [3.63, 3.8) is 0 Å². The topological polar surface area (TPSA) is 81.8 Å². The van der Waals surface area contributed by atoms with Gasteiger partial charge in [0.2, 0.25) is 11.9 Å². The number of H-pyrrole nitrogens is 1. The SMILES string of the molecule is Cc1cc(C)cc(Nc2nc(N3CCCCC3)c3nc(Nc4cc(C)cc(C)c4)[nH]c3n2)c1. The zero-order valence-corrected chi connectivity index (χ0v) is 19.8. The molecule has 2 aromatic carbocycles. The maximum absolute atomic E-state index is 4.92. The first-order chi connectivity index (χ1) is 15.9. The summed E-state index contributed by atoms with van der Waals surface area (Å²) in [4.78, 5) is 20.3. The van der Waals surface area contributed by atoms with Crippen molar-refractivity contribution in [3.05, 3.63) is 58.7 Å². The number of hydrogen-bond donors (Lipinski definition) is 3. The smallest absolute Gasteiger partial charge is 0.231 e. The lowest BCUT2D eigenvalue weighted by molar-refractivity contribution is 0.574. The Morgan fingerprint density at radius 2 is 1.27 bits per heavy atom. The average molecular weight is 442 g/mol. The van der Waals surface area contributed by atoms with Crippen LogP contribution >= 0.6 is 0 Å². The van der Waals surface area contributed by atoms with E-state index in [1.165, 1.54) is 41.5 Å². The maximum atomic E-state index is 4.92. The number of benzene rings is 2. The van der Waals surface area contributed by atoms with E-state index < -0.39 is 0 Å². The normalized spacial score (nSPS) is 14.0. The summed E-state index contributed by atoms with van der Waals surface area (Å²) in [6.45, 7) is 10.4. The summed E-state index contributed by atoms with van der Waals surface area (Å²) in [5.74, 6) is 2.14. The van der Waals surface area contributed by atoms with Gasteiger partial charge in [-0.05, 0) is 93.5 Å². The van der Waals surface area contributed by atoms with Gasteiger partial charge in [-0.25, -0.2) is 4.98 Å². The molecule has 0 radical (unpaired) electrons. The van der Waals surface area contributed by atoms with Crippen LogP contribution in [0.2, 0.25) is 0 Å². The number of piperidine rings is 1. The van der Waals surface area contributed by atoms with E-state index in [2.05, 4.69) is 84.6 Å². The number of anilines is 5. The maximum Gasteiger partial charge on any atom is 0.231 e. The highest BCUT2D eigenvalue weighted by atomic mass is 15.3. The fourth-order valence-corrected chi connectivity index (χ4v) is 4.69. The molecule has 0 unspecified atom stereocenters. The Morgan fingerprint density at radius 1 is 0.697 bits per heavy atom. The molecule has 5 rings (SSSR count). The van der Waals surface area contributed by atoms with Gasteiger partial charge in [-0.2, -0.15) is 9.97 Å². The Morgan fingerprint density at radius 3 is 1.88 bits per heavy atom. The first-order valence-corrected chi connectivity index (χ1v) is 11.7. The Kier molecular flexibility index (Phi) is 5.62. The van der Waals surface area contributed by atoms with Crippen LogP contribution in [0.25, 0.3) is 11.2 Å². The number of fused-ring (bicyclic) bond motifs is 1. The van der Waals surface area contributed by atoms with Crippen LogP contribution in [0.5, 0.6) is 0 Å². The molecule has 1 saturated heterocycles. The minimum absolute atomic E-state index is 0.578. The lowest BCUT2D eigenvalue weighted by Gasteiger charge is -2.28. The van der Waals surface area contributed by atoms with E-state index in [0.717, 1.165) is 41.4 Å². The van der Waals surface area contributed by atoms with E-state index in [4.69, 9.17) is 15.0 Å². The summed E-state index contributed by atoms with van der Waals surface area (Å²) in [7, 11) is 0. The molecule has 0 aliphatic carbocycles. The molecule has 0 spiro atoms. The molecule has 3 heterocycles. The molecule has 1 fully saturated rings. The number of nitrogens with one attached hydrogen (secondary N) is 3. The second-order valence-corrected chi connectivity index (χ2v) is 9.20. The monoisotopic (exact) mass is 441 g/mol. The molecule has 1 aliphatic heterocycles. The number of nitrogens with zero attached hydrogens (tertiary/aromatic N) is 4. The standard InChI is InChI=1S/C26H31N7/c1-16-10-17(2)13-20(12-16)27-25-29-22-23(30-25)31-26(28-21-14-18(3)11-19(4)15-21)32-24(22)33-8-6-5-7-9-33/h10-15H,5-9H2,1-4H3,(H3,27,28,29,30,31,32). The van der Waals surface area contributed by atoms with Crippen molar-refractivity contribution in [2.24, 2.45) is 0 Å². The van der Waals surface area contributed by atoms with E-state index in [0.29, 0.717) is 11.9 Å². The van der Waals surface area contributed by atoms with Crippen molar-refractivity contribution in [3.8, 4) is 0 Å². The van der Waals surface area contributed by atoms with Gasteiger partial charge < -0.3 is 20.5 Å². The fourth-order valence-electron chi connectivity index (χ4n) is 4.69. The van der Waals surface area contributed by atoms with Crippen molar-refractivity contribution in [2.45, 2.75) is 47.0 Å². The van der Waals surface area contributed by atoms with Gasteiger partial charge in [-0.15, -0.1) is 0 Å². The molecule has 170 valence electrons. The van der Waals surface area contributed by atoms with E-state index >= 15 is 0 Å². The Hall–Kier alpha value is -3.61. The van der Waals surface area contributed by atoms with Crippen molar-refractivity contribution in [1.29, 1.82) is 0 Å². The third-order valence-corrected chi connectivity index (χ3v) is 5.94. The molecule has 4 aromatic rings. The second kappa shape index (κ2) is 8.73. The van der Waals surface area contributed by atoms with Gasteiger partial charge in [-0.3, -0.25) is 0 Å². The van der Waals surface area contributed by atoms with Gasteiger partial charge in [0.05, 0.1) is 0 Å². The molecule has 33 heavy (non-hydrogen) atoms. The van der Waals surface area contributed by atoms with Gasteiger partial charge >= 0.3 is 0 Å². The summed E-state index contributed by atoms with van der Waals surface area (Å²) in [5.41, 5.74) is 8.36. The van der Waals surface area contributed by atoms with Crippen molar-refractivity contribution >= 4 is 40.3 Å². The Balaban J connectivity index is 1.54. The van der Waals surface area contributed by atoms with Crippen LogP contribution in [0.3, 0.4) is 0 Å². The first kappa shape index (κ1) is 21.2. The highest BCUT2D eigenvalue weighted by Gasteiger charge is 2.20.